The van der Waals surface area contributed by atoms with Crippen LogP contribution in [-0.4, -0.2) is 0 Å². The first kappa shape index (κ1) is 16.4. The minimum absolute atomic E-state index is 0.0790. The predicted molar refractivity (Wildman–Crippen MR) is 81.4 cm³/mol. The van der Waals surface area contributed by atoms with E-state index in [1.165, 1.54) is 24.3 Å². The molecule has 0 unspecified atom stereocenters. The van der Waals surface area contributed by atoms with Crippen molar-refractivity contribution in [1.29, 1.82) is 5.26 Å². The summed E-state index contributed by atoms with van der Waals surface area (Å²) < 4.78 is 38.2. The lowest BCUT2D eigenvalue weighted by Crippen LogP contribution is -2.04. The standard InChI is InChI=1S/C16H8Cl2F3N/c17-14-5-4-11(15(18)8-14)6-12(9-22)10-2-1-3-13(7-10)16(19,20)21/h1-8H/b12-6-. The van der Waals surface area contributed by atoms with Crippen molar-refractivity contribution in [2.75, 3.05) is 0 Å². The molecule has 1 nitrogen and oxygen atoms in total. The fraction of sp³-hybridized carbons (Fsp3) is 0.0625. The van der Waals surface area contributed by atoms with Crippen LogP contribution in [-0.2, 0) is 6.18 Å². The predicted octanol–water partition coefficient (Wildman–Crippen LogP) is 6.08. The maximum absolute atomic E-state index is 12.7. The Morgan fingerprint density at radius 2 is 1.82 bits per heavy atom. The van der Waals surface area contributed by atoms with Crippen molar-refractivity contribution < 1.29 is 13.2 Å². The Morgan fingerprint density at radius 1 is 1.09 bits per heavy atom. The average molecular weight is 342 g/mol. The number of hydrogen-bond acceptors (Lipinski definition) is 1. The molecule has 0 aliphatic heterocycles. The van der Waals surface area contributed by atoms with Gasteiger partial charge in [0.2, 0.25) is 0 Å². The molecule has 0 atom stereocenters. The zero-order valence-electron chi connectivity index (χ0n) is 11.0. The molecule has 0 saturated carbocycles. The lowest BCUT2D eigenvalue weighted by molar-refractivity contribution is -0.137. The summed E-state index contributed by atoms with van der Waals surface area (Å²) in [4.78, 5) is 0. The van der Waals surface area contributed by atoms with Crippen LogP contribution in [0, 0.1) is 11.3 Å². The minimum Gasteiger partial charge on any atom is -0.192 e. The van der Waals surface area contributed by atoms with Crippen LogP contribution in [0.5, 0.6) is 0 Å². The molecule has 0 amide bonds. The molecule has 0 fully saturated rings. The van der Waals surface area contributed by atoms with Crippen LogP contribution in [0.1, 0.15) is 16.7 Å². The highest BCUT2D eigenvalue weighted by atomic mass is 35.5. The summed E-state index contributed by atoms with van der Waals surface area (Å²) in [6.07, 6.45) is -3.04. The number of halogens is 5. The molecular formula is C16H8Cl2F3N. The van der Waals surface area contributed by atoms with Crippen molar-refractivity contribution in [1.82, 2.24) is 0 Å². The Hall–Kier alpha value is -1.96. The van der Waals surface area contributed by atoms with Gasteiger partial charge in [0, 0.05) is 10.0 Å². The van der Waals surface area contributed by atoms with Crippen molar-refractivity contribution in [3.8, 4) is 6.07 Å². The molecule has 0 aromatic heterocycles. The zero-order valence-corrected chi connectivity index (χ0v) is 12.5. The van der Waals surface area contributed by atoms with E-state index in [0.29, 0.717) is 15.6 Å². The second kappa shape index (κ2) is 6.43. The van der Waals surface area contributed by atoms with Crippen LogP contribution in [0.25, 0.3) is 11.6 Å². The molecule has 0 spiro atoms. The van der Waals surface area contributed by atoms with E-state index in [2.05, 4.69) is 0 Å². The maximum atomic E-state index is 12.7. The topological polar surface area (TPSA) is 23.8 Å². The van der Waals surface area contributed by atoms with Gasteiger partial charge < -0.3 is 0 Å². The van der Waals surface area contributed by atoms with E-state index in [1.807, 2.05) is 6.07 Å². The molecule has 0 N–H and O–H groups in total. The summed E-state index contributed by atoms with van der Waals surface area (Å²) in [7, 11) is 0. The van der Waals surface area contributed by atoms with Crippen molar-refractivity contribution in [3.63, 3.8) is 0 Å². The number of hydrogen-bond donors (Lipinski definition) is 0. The Balaban J connectivity index is 2.49. The van der Waals surface area contributed by atoms with Crippen molar-refractivity contribution in [3.05, 3.63) is 69.2 Å². The van der Waals surface area contributed by atoms with Crippen molar-refractivity contribution >= 4 is 34.9 Å². The molecule has 22 heavy (non-hydrogen) atoms. The van der Waals surface area contributed by atoms with Crippen LogP contribution in [0.3, 0.4) is 0 Å². The maximum Gasteiger partial charge on any atom is 0.416 e. The third kappa shape index (κ3) is 3.82. The first-order valence-corrected chi connectivity index (χ1v) is 6.81. The molecule has 0 bridgehead atoms. The Bertz CT molecular complexity index is 774. The van der Waals surface area contributed by atoms with E-state index in [1.54, 1.807) is 12.1 Å². The highest BCUT2D eigenvalue weighted by Crippen LogP contribution is 2.32. The summed E-state index contributed by atoms with van der Waals surface area (Å²) in [6, 6.07) is 11.1. The van der Waals surface area contributed by atoms with E-state index in [-0.39, 0.29) is 11.1 Å². The molecular weight excluding hydrogens is 334 g/mol. The molecule has 112 valence electrons. The molecule has 2 aromatic rings. The summed E-state index contributed by atoms with van der Waals surface area (Å²) in [5.41, 5.74) is -0.0629. The highest BCUT2D eigenvalue weighted by molar-refractivity contribution is 6.35. The van der Waals surface area contributed by atoms with E-state index in [9.17, 15) is 18.4 Å². The van der Waals surface area contributed by atoms with Crippen molar-refractivity contribution in [2.45, 2.75) is 6.18 Å². The second-order valence-electron chi connectivity index (χ2n) is 4.41. The van der Waals surface area contributed by atoms with Gasteiger partial charge >= 0.3 is 6.18 Å². The molecule has 0 aliphatic carbocycles. The Labute approximate surface area is 135 Å². The number of alkyl halides is 3. The van der Waals surface area contributed by atoms with Gasteiger partial charge in [-0.25, -0.2) is 0 Å². The summed E-state index contributed by atoms with van der Waals surface area (Å²) in [5.74, 6) is 0. The van der Waals surface area contributed by atoms with E-state index in [4.69, 9.17) is 23.2 Å². The van der Waals surface area contributed by atoms with E-state index < -0.39 is 11.7 Å². The van der Waals surface area contributed by atoms with Gasteiger partial charge in [-0.05, 0) is 41.5 Å². The highest BCUT2D eigenvalue weighted by Gasteiger charge is 2.30. The smallest absolute Gasteiger partial charge is 0.192 e. The second-order valence-corrected chi connectivity index (χ2v) is 5.26. The Morgan fingerprint density at radius 3 is 2.41 bits per heavy atom. The normalized spacial score (nSPS) is 12.1. The van der Waals surface area contributed by atoms with Crippen LogP contribution >= 0.6 is 23.2 Å². The van der Waals surface area contributed by atoms with Gasteiger partial charge in [-0.1, -0.05) is 41.4 Å². The zero-order chi connectivity index (χ0) is 16.3. The fourth-order valence-electron chi connectivity index (χ4n) is 1.82. The third-order valence-corrected chi connectivity index (χ3v) is 3.45. The first-order chi connectivity index (χ1) is 10.3. The average Bonchev–Trinajstić information content (AvgIpc) is 2.46. The monoisotopic (exact) mass is 341 g/mol. The van der Waals surface area contributed by atoms with Gasteiger partial charge in [0.15, 0.2) is 0 Å². The van der Waals surface area contributed by atoms with Gasteiger partial charge in [-0.3, -0.25) is 0 Å². The number of nitriles is 1. The SMILES string of the molecule is N#C/C(=C/c1ccc(Cl)cc1Cl)c1cccc(C(F)(F)F)c1. The van der Waals surface area contributed by atoms with Crippen molar-refractivity contribution in [2.24, 2.45) is 0 Å². The number of nitrogens with zero attached hydrogens (tertiary/aromatic N) is 1. The summed E-state index contributed by atoms with van der Waals surface area (Å²) >= 11 is 11.8. The number of benzene rings is 2. The van der Waals surface area contributed by atoms with Crippen LogP contribution in [0.2, 0.25) is 10.0 Å². The molecule has 0 heterocycles. The third-order valence-electron chi connectivity index (χ3n) is 2.88. The molecule has 0 saturated heterocycles. The van der Waals surface area contributed by atoms with Gasteiger partial charge in [0.1, 0.15) is 0 Å². The fourth-order valence-corrected chi connectivity index (χ4v) is 2.28. The summed E-state index contributed by atoms with van der Waals surface area (Å²) in [5, 5.41) is 9.95. The lowest BCUT2D eigenvalue weighted by Gasteiger charge is -2.08. The molecule has 2 aromatic carbocycles. The first-order valence-electron chi connectivity index (χ1n) is 6.06. The van der Waals surface area contributed by atoms with Crippen LogP contribution < -0.4 is 0 Å². The van der Waals surface area contributed by atoms with Crippen LogP contribution in [0.4, 0.5) is 13.2 Å². The largest absolute Gasteiger partial charge is 0.416 e. The molecule has 0 radical (unpaired) electrons. The molecule has 0 aliphatic rings. The molecule has 6 heteroatoms. The lowest BCUT2D eigenvalue weighted by atomic mass is 10.0. The summed E-state index contributed by atoms with van der Waals surface area (Å²) in [6.45, 7) is 0. The van der Waals surface area contributed by atoms with Crippen LogP contribution in [0.15, 0.2) is 42.5 Å². The quantitative estimate of drug-likeness (QED) is 0.479. The Kier molecular flexibility index (Phi) is 4.80. The number of allylic oxidation sites excluding steroid dienone is 1. The van der Waals surface area contributed by atoms with Gasteiger partial charge in [-0.2, -0.15) is 18.4 Å². The van der Waals surface area contributed by atoms with Gasteiger partial charge in [0.05, 0.1) is 17.2 Å². The van der Waals surface area contributed by atoms with Gasteiger partial charge in [-0.15, -0.1) is 0 Å². The van der Waals surface area contributed by atoms with Gasteiger partial charge in [0.25, 0.3) is 0 Å². The van der Waals surface area contributed by atoms with E-state index in [0.717, 1.165) is 12.1 Å². The van der Waals surface area contributed by atoms with E-state index >= 15 is 0 Å². The number of rotatable bonds is 2. The minimum atomic E-state index is -4.46. The molecule has 2 rings (SSSR count).